The lowest BCUT2D eigenvalue weighted by molar-refractivity contribution is -0.113. The Morgan fingerprint density at radius 1 is 1.25 bits per heavy atom. The van der Waals surface area contributed by atoms with Crippen LogP contribution in [0.3, 0.4) is 0 Å². The van der Waals surface area contributed by atoms with Crippen LogP contribution in [0.2, 0.25) is 0 Å². The maximum atomic E-state index is 12.5. The van der Waals surface area contributed by atoms with Gasteiger partial charge in [-0.3, -0.25) is 4.79 Å². The smallest absolute Gasteiger partial charge is 0.253 e. The fourth-order valence-electron chi connectivity index (χ4n) is 2.03. The predicted octanol–water partition coefficient (Wildman–Crippen LogP) is 3.07. The summed E-state index contributed by atoms with van der Waals surface area (Å²) >= 11 is 17.3. The van der Waals surface area contributed by atoms with Crippen LogP contribution in [0.15, 0.2) is 30.5 Å². The standard InChI is InChI=1S/C15H16Cl3N5O/c1-4-10-5-7-11(8-6-10)23-14(19-20-21-23)12(9-22(2)3)13(24)15(16,17)18/h5-9H,4H2,1-3H3. The fraction of sp³-hybridized carbons (Fsp3) is 0.333. The molecule has 2 rings (SSSR count). The molecule has 128 valence electrons. The van der Waals surface area contributed by atoms with E-state index in [4.69, 9.17) is 34.8 Å². The van der Waals surface area contributed by atoms with Crippen molar-refractivity contribution < 1.29 is 4.79 Å². The van der Waals surface area contributed by atoms with E-state index in [0.29, 0.717) is 5.69 Å². The Balaban J connectivity index is 2.53. The average molecular weight is 389 g/mol. The number of alkyl halides is 3. The third-order valence-corrected chi connectivity index (χ3v) is 3.70. The van der Waals surface area contributed by atoms with E-state index in [1.54, 1.807) is 19.0 Å². The SMILES string of the molecule is CCc1ccc(-n2nnnc2C(=CN(C)C)C(=O)C(Cl)(Cl)Cl)cc1. The molecule has 0 spiro atoms. The molecule has 0 saturated carbocycles. The number of halogens is 3. The number of allylic oxidation sites excluding steroid dienone is 1. The van der Waals surface area contributed by atoms with E-state index in [1.807, 2.05) is 24.3 Å². The molecule has 0 N–H and O–H groups in total. The molecule has 0 fully saturated rings. The van der Waals surface area contributed by atoms with Crippen LogP contribution >= 0.6 is 34.8 Å². The Hall–Kier alpha value is -1.63. The highest BCUT2D eigenvalue weighted by Crippen LogP contribution is 2.33. The largest absolute Gasteiger partial charge is 0.383 e. The molecule has 9 heteroatoms. The first kappa shape index (κ1) is 18.7. The summed E-state index contributed by atoms with van der Waals surface area (Å²) in [6.07, 6.45) is 2.44. The topological polar surface area (TPSA) is 63.9 Å². The molecule has 0 amide bonds. The highest BCUT2D eigenvalue weighted by Gasteiger charge is 2.36. The summed E-state index contributed by atoms with van der Waals surface area (Å²) in [5.74, 6) is -0.508. The number of rotatable bonds is 5. The van der Waals surface area contributed by atoms with Crippen molar-refractivity contribution in [2.75, 3.05) is 14.1 Å². The van der Waals surface area contributed by atoms with E-state index >= 15 is 0 Å². The molecule has 6 nitrogen and oxygen atoms in total. The highest BCUT2D eigenvalue weighted by molar-refractivity contribution is 6.79. The Kier molecular flexibility index (Phi) is 5.85. The quantitative estimate of drug-likeness (QED) is 0.582. The minimum Gasteiger partial charge on any atom is -0.383 e. The normalized spacial score (nSPS) is 12.3. The second kappa shape index (κ2) is 7.51. The van der Waals surface area contributed by atoms with Gasteiger partial charge in [0.05, 0.1) is 11.3 Å². The highest BCUT2D eigenvalue weighted by atomic mass is 35.6. The van der Waals surface area contributed by atoms with E-state index in [1.165, 1.54) is 16.4 Å². The minimum absolute atomic E-state index is 0.101. The van der Waals surface area contributed by atoms with Crippen LogP contribution in [0.5, 0.6) is 0 Å². The number of carbonyl (C=O) groups excluding carboxylic acids is 1. The molecule has 0 atom stereocenters. The van der Waals surface area contributed by atoms with Gasteiger partial charge in [-0.2, -0.15) is 4.68 Å². The fourth-order valence-corrected chi connectivity index (χ4v) is 2.34. The van der Waals surface area contributed by atoms with Gasteiger partial charge in [0.1, 0.15) is 0 Å². The van der Waals surface area contributed by atoms with E-state index < -0.39 is 9.58 Å². The van der Waals surface area contributed by atoms with Crippen LogP contribution in [0.25, 0.3) is 11.3 Å². The molecule has 0 saturated heterocycles. The van der Waals surface area contributed by atoms with Crippen molar-refractivity contribution in [2.24, 2.45) is 0 Å². The molecular formula is C15H16Cl3N5O. The molecule has 0 unspecified atom stereocenters. The second-order valence-electron chi connectivity index (χ2n) is 5.27. The monoisotopic (exact) mass is 387 g/mol. The second-order valence-corrected chi connectivity index (χ2v) is 7.55. The summed E-state index contributed by atoms with van der Waals surface area (Å²) < 4.78 is -0.673. The number of nitrogens with zero attached hydrogens (tertiary/aromatic N) is 5. The van der Waals surface area contributed by atoms with Gasteiger partial charge < -0.3 is 4.90 Å². The summed E-state index contributed by atoms with van der Waals surface area (Å²) in [6.45, 7) is 2.06. The lowest BCUT2D eigenvalue weighted by Gasteiger charge is -2.15. The first-order valence-electron chi connectivity index (χ1n) is 7.12. The van der Waals surface area contributed by atoms with E-state index in [-0.39, 0.29) is 11.4 Å². The molecule has 0 bridgehead atoms. The molecule has 0 radical (unpaired) electrons. The van der Waals surface area contributed by atoms with E-state index in [0.717, 1.165) is 6.42 Å². The number of hydrogen-bond acceptors (Lipinski definition) is 5. The number of hydrogen-bond donors (Lipinski definition) is 0. The minimum atomic E-state index is -2.11. The van der Waals surface area contributed by atoms with Crippen molar-refractivity contribution in [3.63, 3.8) is 0 Å². The Morgan fingerprint density at radius 3 is 2.38 bits per heavy atom. The average Bonchev–Trinajstić information content (AvgIpc) is 3.00. The predicted molar refractivity (Wildman–Crippen MR) is 95.5 cm³/mol. The molecule has 1 aromatic heterocycles. The first-order valence-corrected chi connectivity index (χ1v) is 8.25. The summed E-state index contributed by atoms with van der Waals surface area (Å²) in [4.78, 5) is 14.1. The van der Waals surface area contributed by atoms with Crippen LogP contribution < -0.4 is 0 Å². The Morgan fingerprint density at radius 2 is 1.88 bits per heavy atom. The van der Waals surface area contributed by atoms with E-state index in [2.05, 4.69) is 22.4 Å². The third-order valence-electron chi connectivity index (χ3n) is 3.19. The van der Waals surface area contributed by atoms with Gasteiger partial charge in [0, 0.05) is 20.3 Å². The van der Waals surface area contributed by atoms with Gasteiger partial charge in [0.15, 0.2) is 5.82 Å². The van der Waals surface area contributed by atoms with Gasteiger partial charge in [-0.25, -0.2) is 0 Å². The van der Waals surface area contributed by atoms with Crippen molar-refractivity contribution in [3.8, 4) is 5.69 Å². The maximum Gasteiger partial charge on any atom is 0.253 e. The van der Waals surface area contributed by atoms with Gasteiger partial charge in [-0.15, -0.1) is 5.10 Å². The molecule has 1 aromatic carbocycles. The van der Waals surface area contributed by atoms with Gasteiger partial charge in [-0.05, 0) is 34.5 Å². The molecular weight excluding hydrogens is 373 g/mol. The van der Waals surface area contributed by atoms with Crippen LogP contribution in [-0.4, -0.2) is 48.8 Å². The van der Waals surface area contributed by atoms with Crippen molar-refractivity contribution in [2.45, 2.75) is 17.1 Å². The number of aromatic nitrogens is 4. The zero-order valence-corrected chi connectivity index (χ0v) is 15.6. The van der Waals surface area contributed by atoms with Crippen molar-refractivity contribution in [3.05, 3.63) is 41.9 Å². The number of tetrazole rings is 1. The van der Waals surface area contributed by atoms with Crippen LogP contribution in [0.4, 0.5) is 0 Å². The van der Waals surface area contributed by atoms with Gasteiger partial charge in [0.2, 0.25) is 5.78 Å². The summed E-state index contributed by atoms with van der Waals surface area (Å²) in [5.41, 5.74) is 1.98. The lowest BCUT2D eigenvalue weighted by atomic mass is 10.1. The van der Waals surface area contributed by atoms with Gasteiger partial charge >= 0.3 is 0 Å². The van der Waals surface area contributed by atoms with Crippen molar-refractivity contribution in [1.82, 2.24) is 25.1 Å². The van der Waals surface area contributed by atoms with Crippen LogP contribution in [-0.2, 0) is 11.2 Å². The zero-order chi connectivity index (χ0) is 17.9. The lowest BCUT2D eigenvalue weighted by Crippen LogP contribution is -2.23. The number of carbonyl (C=O) groups is 1. The molecule has 0 aliphatic rings. The van der Waals surface area contributed by atoms with Crippen molar-refractivity contribution >= 4 is 46.2 Å². The zero-order valence-electron chi connectivity index (χ0n) is 13.4. The Labute approximate surface area is 155 Å². The Bertz CT molecular complexity index is 747. The number of ketones is 1. The number of aryl methyl sites for hydroxylation is 1. The third kappa shape index (κ3) is 4.26. The summed E-state index contributed by atoms with van der Waals surface area (Å²) in [5, 5.41) is 11.5. The molecule has 0 aliphatic carbocycles. The van der Waals surface area contributed by atoms with Crippen LogP contribution in [0, 0.1) is 0 Å². The van der Waals surface area contributed by atoms with E-state index in [9.17, 15) is 4.79 Å². The maximum absolute atomic E-state index is 12.5. The van der Waals surface area contributed by atoms with Gasteiger partial charge in [-0.1, -0.05) is 53.9 Å². The number of Topliss-reactive ketones (excluding diaryl/α,β-unsaturated/α-hetero) is 1. The molecule has 1 heterocycles. The van der Waals surface area contributed by atoms with Crippen molar-refractivity contribution in [1.29, 1.82) is 0 Å². The summed E-state index contributed by atoms with van der Waals surface area (Å²) in [6, 6.07) is 7.66. The summed E-state index contributed by atoms with van der Waals surface area (Å²) in [7, 11) is 3.49. The van der Waals surface area contributed by atoms with Gasteiger partial charge in [0.25, 0.3) is 3.79 Å². The first-order chi connectivity index (χ1) is 11.2. The molecule has 24 heavy (non-hydrogen) atoms. The molecule has 0 aliphatic heterocycles. The number of benzene rings is 1. The van der Waals surface area contributed by atoms with Crippen LogP contribution in [0.1, 0.15) is 18.3 Å². The molecule has 2 aromatic rings.